The van der Waals surface area contributed by atoms with Crippen LogP contribution in [0.4, 0.5) is 0 Å². The normalized spacial score (nSPS) is 12.6. The third-order valence-corrected chi connectivity index (χ3v) is 4.14. The first-order valence-electron chi connectivity index (χ1n) is 6.96. The van der Waals surface area contributed by atoms with Gasteiger partial charge in [0.1, 0.15) is 0 Å². The highest BCUT2D eigenvalue weighted by Gasteiger charge is 2.15. The second kappa shape index (κ2) is 6.36. The molecule has 1 aromatic carbocycles. The summed E-state index contributed by atoms with van der Waals surface area (Å²) < 4.78 is 0. The molecule has 2 aromatic rings. The molecule has 0 spiro atoms. The Kier molecular flexibility index (Phi) is 4.78. The highest BCUT2D eigenvalue weighted by Crippen LogP contribution is 2.27. The van der Waals surface area contributed by atoms with Gasteiger partial charge in [0, 0.05) is 4.88 Å². The van der Waals surface area contributed by atoms with Crippen LogP contribution >= 0.6 is 11.3 Å². The predicted octanol–water partition coefficient (Wildman–Crippen LogP) is 4.76. The van der Waals surface area contributed by atoms with Crippen molar-refractivity contribution in [3.63, 3.8) is 0 Å². The first-order chi connectivity index (χ1) is 9.10. The number of benzene rings is 1. The van der Waals surface area contributed by atoms with Crippen LogP contribution in [0, 0.1) is 20.8 Å². The van der Waals surface area contributed by atoms with Gasteiger partial charge in [-0.15, -0.1) is 11.3 Å². The van der Waals surface area contributed by atoms with Gasteiger partial charge in [-0.1, -0.05) is 36.2 Å². The molecule has 1 aromatic heterocycles. The molecule has 19 heavy (non-hydrogen) atoms. The highest BCUT2D eigenvalue weighted by molar-refractivity contribution is 7.10. The summed E-state index contributed by atoms with van der Waals surface area (Å²) >= 11 is 1.83. The predicted molar refractivity (Wildman–Crippen MR) is 85.1 cm³/mol. The van der Waals surface area contributed by atoms with E-state index in [-0.39, 0.29) is 0 Å². The van der Waals surface area contributed by atoms with Crippen molar-refractivity contribution in [2.24, 2.45) is 0 Å². The van der Waals surface area contributed by atoms with E-state index in [9.17, 15) is 0 Å². The van der Waals surface area contributed by atoms with E-state index < -0.39 is 0 Å². The minimum absolute atomic E-state index is 0.323. The Morgan fingerprint density at radius 3 is 2.21 bits per heavy atom. The van der Waals surface area contributed by atoms with Gasteiger partial charge >= 0.3 is 0 Å². The molecular weight excluding hydrogens is 250 g/mol. The van der Waals surface area contributed by atoms with Gasteiger partial charge in [-0.25, -0.2) is 0 Å². The summed E-state index contributed by atoms with van der Waals surface area (Å²) in [6.45, 7) is 9.78. The van der Waals surface area contributed by atoms with Crippen LogP contribution in [0.1, 0.15) is 46.5 Å². The van der Waals surface area contributed by atoms with Crippen molar-refractivity contribution in [3.05, 3.63) is 56.8 Å². The molecule has 2 rings (SSSR count). The molecule has 102 valence electrons. The Labute approximate surface area is 120 Å². The lowest BCUT2D eigenvalue weighted by atomic mass is 9.97. The van der Waals surface area contributed by atoms with E-state index in [0.29, 0.717) is 6.04 Å². The maximum absolute atomic E-state index is 3.68. The molecule has 0 amide bonds. The van der Waals surface area contributed by atoms with Crippen LogP contribution in [0.15, 0.2) is 29.6 Å². The molecule has 0 aliphatic rings. The summed E-state index contributed by atoms with van der Waals surface area (Å²) in [5.41, 5.74) is 5.44. The van der Waals surface area contributed by atoms with Crippen molar-refractivity contribution in [1.82, 2.24) is 5.32 Å². The van der Waals surface area contributed by atoms with Gasteiger partial charge in [0.15, 0.2) is 0 Å². The monoisotopic (exact) mass is 273 g/mol. The van der Waals surface area contributed by atoms with Crippen molar-refractivity contribution in [2.45, 2.75) is 40.2 Å². The fourth-order valence-corrected chi connectivity index (χ4v) is 3.24. The number of aryl methyl sites for hydroxylation is 3. The van der Waals surface area contributed by atoms with Crippen LogP contribution < -0.4 is 5.32 Å². The zero-order valence-electron chi connectivity index (χ0n) is 12.3. The number of nitrogens with one attached hydrogen (secondary N) is 1. The average Bonchev–Trinajstić information content (AvgIpc) is 2.75. The van der Waals surface area contributed by atoms with E-state index in [1.54, 1.807) is 0 Å². The lowest BCUT2D eigenvalue weighted by Gasteiger charge is -2.19. The van der Waals surface area contributed by atoms with Gasteiger partial charge in [-0.05, 0) is 56.3 Å². The first kappa shape index (κ1) is 14.3. The van der Waals surface area contributed by atoms with E-state index in [0.717, 1.165) is 13.0 Å². The first-order valence-corrected chi connectivity index (χ1v) is 7.84. The Bertz CT molecular complexity index is 522. The van der Waals surface area contributed by atoms with Crippen molar-refractivity contribution < 1.29 is 0 Å². The maximum Gasteiger partial charge on any atom is 0.0585 e. The van der Waals surface area contributed by atoms with Gasteiger partial charge in [-0.2, -0.15) is 0 Å². The molecule has 1 heterocycles. The Balaban J connectivity index is 2.36. The van der Waals surface area contributed by atoms with Crippen LogP contribution in [-0.4, -0.2) is 6.54 Å². The summed E-state index contributed by atoms with van der Waals surface area (Å²) in [5, 5.41) is 5.95. The fraction of sp³-hybridized carbons (Fsp3) is 0.412. The molecule has 2 heteroatoms. The molecule has 0 aliphatic carbocycles. The molecule has 0 saturated carbocycles. The molecule has 0 bridgehead atoms. The van der Waals surface area contributed by atoms with Crippen molar-refractivity contribution in [1.29, 1.82) is 0 Å². The zero-order valence-corrected chi connectivity index (χ0v) is 13.1. The number of hydrogen-bond acceptors (Lipinski definition) is 2. The van der Waals surface area contributed by atoms with E-state index in [2.05, 4.69) is 62.7 Å². The van der Waals surface area contributed by atoms with Crippen LogP contribution in [0.2, 0.25) is 0 Å². The summed E-state index contributed by atoms with van der Waals surface area (Å²) in [6.07, 6.45) is 1.16. The number of thiophene rings is 1. The molecule has 0 saturated heterocycles. The maximum atomic E-state index is 3.68. The van der Waals surface area contributed by atoms with E-state index in [1.807, 2.05) is 11.3 Å². The SMILES string of the molecule is CCCNC(c1cc(C)cc(C)c1)c1csc(C)c1. The molecule has 0 aliphatic heterocycles. The zero-order chi connectivity index (χ0) is 13.8. The average molecular weight is 273 g/mol. The van der Waals surface area contributed by atoms with E-state index in [1.165, 1.54) is 27.1 Å². The Hall–Kier alpha value is -1.12. The molecule has 1 atom stereocenters. The van der Waals surface area contributed by atoms with Gasteiger partial charge in [-0.3, -0.25) is 0 Å². The standard InChI is InChI=1S/C17H23NS/c1-5-6-18-17(16-10-14(4)19-11-16)15-8-12(2)7-13(3)9-15/h7-11,17-18H,5-6H2,1-4H3. The van der Waals surface area contributed by atoms with E-state index in [4.69, 9.17) is 0 Å². The van der Waals surface area contributed by atoms with E-state index >= 15 is 0 Å². The van der Waals surface area contributed by atoms with Gasteiger partial charge in [0.05, 0.1) is 6.04 Å². The fourth-order valence-electron chi connectivity index (χ4n) is 2.51. The summed E-state index contributed by atoms with van der Waals surface area (Å²) in [7, 11) is 0. The topological polar surface area (TPSA) is 12.0 Å². The summed E-state index contributed by atoms with van der Waals surface area (Å²) in [6, 6.07) is 9.46. The lowest BCUT2D eigenvalue weighted by molar-refractivity contribution is 0.599. The molecule has 1 unspecified atom stereocenters. The minimum Gasteiger partial charge on any atom is -0.306 e. The molecule has 0 fully saturated rings. The van der Waals surface area contributed by atoms with Crippen LogP contribution in [0.5, 0.6) is 0 Å². The van der Waals surface area contributed by atoms with Crippen LogP contribution in [0.25, 0.3) is 0 Å². The minimum atomic E-state index is 0.323. The number of hydrogen-bond donors (Lipinski definition) is 1. The van der Waals surface area contributed by atoms with Crippen LogP contribution in [0.3, 0.4) is 0 Å². The third-order valence-electron chi connectivity index (χ3n) is 3.26. The van der Waals surface area contributed by atoms with Crippen molar-refractivity contribution in [2.75, 3.05) is 6.54 Å². The summed E-state index contributed by atoms with van der Waals surface area (Å²) in [4.78, 5) is 1.38. The second-order valence-corrected chi connectivity index (χ2v) is 6.41. The highest BCUT2D eigenvalue weighted by atomic mass is 32.1. The van der Waals surface area contributed by atoms with Gasteiger partial charge < -0.3 is 5.32 Å². The summed E-state index contributed by atoms with van der Waals surface area (Å²) in [5.74, 6) is 0. The van der Waals surface area contributed by atoms with Crippen LogP contribution in [-0.2, 0) is 0 Å². The van der Waals surface area contributed by atoms with Gasteiger partial charge in [0.2, 0.25) is 0 Å². The van der Waals surface area contributed by atoms with Crippen molar-refractivity contribution in [3.8, 4) is 0 Å². The molecule has 1 N–H and O–H groups in total. The third kappa shape index (κ3) is 3.68. The molecule has 0 radical (unpaired) electrons. The smallest absolute Gasteiger partial charge is 0.0585 e. The molecular formula is C17H23NS. The lowest BCUT2D eigenvalue weighted by Crippen LogP contribution is -2.23. The largest absolute Gasteiger partial charge is 0.306 e. The van der Waals surface area contributed by atoms with Gasteiger partial charge in [0.25, 0.3) is 0 Å². The Morgan fingerprint density at radius 2 is 1.68 bits per heavy atom. The van der Waals surface area contributed by atoms with Crippen molar-refractivity contribution >= 4 is 11.3 Å². The second-order valence-electron chi connectivity index (χ2n) is 5.30. The molecule has 1 nitrogen and oxygen atoms in total. The number of rotatable bonds is 5. The Morgan fingerprint density at radius 1 is 1.00 bits per heavy atom. The quantitative estimate of drug-likeness (QED) is 0.828.